The third kappa shape index (κ3) is 7.37. The highest BCUT2D eigenvalue weighted by Crippen LogP contribution is 1.96. The average Bonchev–Trinajstić information content (AvgIpc) is 1.79. The second-order valence-corrected chi connectivity index (χ2v) is 3.82. The van der Waals surface area contributed by atoms with Crippen molar-refractivity contribution in [1.82, 2.24) is 0 Å². The van der Waals surface area contributed by atoms with E-state index < -0.39 is 10.1 Å². The Bertz CT molecular complexity index is 255. The van der Waals surface area contributed by atoms with Crippen LogP contribution < -0.4 is 0 Å². The van der Waals surface area contributed by atoms with Crippen LogP contribution in [0.25, 0.3) is 0 Å². The molecule has 0 aliphatic carbocycles. The van der Waals surface area contributed by atoms with E-state index in [-0.39, 0.29) is 11.7 Å². The fourth-order valence-electron chi connectivity index (χ4n) is 0.634. The van der Waals surface area contributed by atoms with Gasteiger partial charge in [-0.2, -0.15) is 8.42 Å². The van der Waals surface area contributed by atoms with E-state index >= 15 is 0 Å². The van der Waals surface area contributed by atoms with Gasteiger partial charge < -0.3 is 0 Å². The van der Waals surface area contributed by atoms with Crippen LogP contribution in [-0.2, 0) is 10.1 Å². The predicted octanol–water partition coefficient (Wildman–Crippen LogP) is 0.924. The molecule has 4 heteroatoms. The first-order valence-corrected chi connectivity index (χ1v) is 5.00. The molecule has 11 heavy (non-hydrogen) atoms. The van der Waals surface area contributed by atoms with Gasteiger partial charge in [-0.15, -0.1) is 5.92 Å². The van der Waals surface area contributed by atoms with Crippen molar-refractivity contribution in [2.45, 2.75) is 20.3 Å². The molecule has 0 bridgehead atoms. The molecule has 0 rings (SSSR count). The smallest absolute Gasteiger partial charge is 0.266 e. The van der Waals surface area contributed by atoms with Gasteiger partial charge >= 0.3 is 0 Å². The van der Waals surface area contributed by atoms with Crippen LogP contribution in [0.3, 0.4) is 0 Å². The maximum atomic E-state index is 10.3. The predicted molar refractivity (Wildman–Crippen MR) is 43.6 cm³/mol. The molecule has 0 aromatic rings. The zero-order chi connectivity index (χ0) is 8.91. The molecular formula is C7H12O3S. The lowest BCUT2D eigenvalue weighted by Crippen LogP contribution is -2.10. The second-order valence-electron chi connectivity index (χ2n) is 2.32. The van der Waals surface area contributed by atoms with Crippen molar-refractivity contribution in [2.75, 3.05) is 5.75 Å². The van der Waals surface area contributed by atoms with Crippen molar-refractivity contribution in [2.24, 2.45) is 5.92 Å². The van der Waals surface area contributed by atoms with E-state index in [2.05, 4.69) is 11.8 Å². The van der Waals surface area contributed by atoms with Crippen molar-refractivity contribution < 1.29 is 13.0 Å². The summed E-state index contributed by atoms with van der Waals surface area (Å²) in [6.07, 6.45) is 0.704. The summed E-state index contributed by atoms with van der Waals surface area (Å²) in [4.78, 5) is 0. The summed E-state index contributed by atoms with van der Waals surface area (Å²) in [6.45, 7) is 3.55. The molecule has 0 saturated heterocycles. The minimum atomic E-state index is -3.86. The fourth-order valence-corrected chi connectivity index (χ4v) is 1.35. The van der Waals surface area contributed by atoms with Gasteiger partial charge in [0.2, 0.25) is 0 Å². The number of hydrogen-bond donors (Lipinski definition) is 1. The van der Waals surface area contributed by atoms with E-state index in [1.807, 2.05) is 6.92 Å². The summed E-state index contributed by atoms with van der Waals surface area (Å²) >= 11 is 0. The van der Waals surface area contributed by atoms with E-state index in [1.54, 1.807) is 6.92 Å². The topological polar surface area (TPSA) is 54.4 Å². The SMILES string of the molecule is CCC#CC(C)CS(=O)(=O)O. The Morgan fingerprint density at radius 1 is 1.55 bits per heavy atom. The van der Waals surface area contributed by atoms with Crippen molar-refractivity contribution in [3.05, 3.63) is 0 Å². The van der Waals surface area contributed by atoms with Gasteiger partial charge in [-0.3, -0.25) is 4.55 Å². The summed E-state index contributed by atoms with van der Waals surface area (Å²) < 4.78 is 29.0. The Morgan fingerprint density at radius 2 is 2.09 bits per heavy atom. The molecule has 0 spiro atoms. The zero-order valence-corrected chi connectivity index (χ0v) is 7.48. The van der Waals surface area contributed by atoms with Crippen LogP contribution in [0.5, 0.6) is 0 Å². The molecule has 0 aliphatic heterocycles. The number of rotatable bonds is 2. The van der Waals surface area contributed by atoms with Crippen molar-refractivity contribution in [3.8, 4) is 11.8 Å². The average molecular weight is 176 g/mol. The molecule has 0 amide bonds. The summed E-state index contributed by atoms with van der Waals surface area (Å²) in [5, 5.41) is 0. The minimum Gasteiger partial charge on any atom is -0.286 e. The van der Waals surface area contributed by atoms with Gasteiger partial charge in [-0.25, -0.2) is 0 Å². The van der Waals surface area contributed by atoms with Crippen LogP contribution in [0, 0.1) is 17.8 Å². The van der Waals surface area contributed by atoms with Crippen LogP contribution in [0.15, 0.2) is 0 Å². The van der Waals surface area contributed by atoms with Crippen molar-refractivity contribution >= 4 is 10.1 Å². The van der Waals surface area contributed by atoms with Gasteiger partial charge in [0.25, 0.3) is 10.1 Å². The first-order valence-electron chi connectivity index (χ1n) is 3.39. The van der Waals surface area contributed by atoms with E-state index in [0.29, 0.717) is 6.42 Å². The molecule has 1 atom stereocenters. The number of hydrogen-bond acceptors (Lipinski definition) is 2. The van der Waals surface area contributed by atoms with Gasteiger partial charge in [-0.05, 0) is 0 Å². The normalized spacial score (nSPS) is 13.4. The first-order chi connectivity index (χ1) is 4.95. The summed E-state index contributed by atoms with van der Waals surface area (Å²) in [6, 6.07) is 0. The highest BCUT2D eigenvalue weighted by Gasteiger charge is 2.08. The van der Waals surface area contributed by atoms with Gasteiger partial charge in [0.15, 0.2) is 0 Å². The third-order valence-corrected chi connectivity index (χ3v) is 1.91. The van der Waals surface area contributed by atoms with Gasteiger partial charge in [0.1, 0.15) is 0 Å². The second kappa shape index (κ2) is 4.37. The maximum absolute atomic E-state index is 10.3. The van der Waals surface area contributed by atoms with E-state index in [9.17, 15) is 8.42 Å². The third-order valence-electron chi connectivity index (χ3n) is 0.986. The van der Waals surface area contributed by atoms with Crippen LogP contribution in [-0.4, -0.2) is 18.7 Å². The molecule has 3 nitrogen and oxygen atoms in total. The standard InChI is InChI=1S/C7H12O3S/c1-3-4-5-7(2)6-11(8,9)10/h7H,3,6H2,1-2H3,(H,8,9,10). The van der Waals surface area contributed by atoms with E-state index in [4.69, 9.17) is 4.55 Å². The van der Waals surface area contributed by atoms with Crippen molar-refractivity contribution in [1.29, 1.82) is 0 Å². The quantitative estimate of drug-likeness (QED) is 0.503. The van der Waals surface area contributed by atoms with E-state index in [1.165, 1.54) is 0 Å². The summed E-state index contributed by atoms with van der Waals surface area (Å²) in [7, 11) is -3.86. The largest absolute Gasteiger partial charge is 0.286 e. The van der Waals surface area contributed by atoms with E-state index in [0.717, 1.165) is 0 Å². The Kier molecular flexibility index (Phi) is 4.16. The summed E-state index contributed by atoms with van der Waals surface area (Å²) in [5.41, 5.74) is 0. The Hall–Kier alpha value is -0.530. The lowest BCUT2D eigenvalue weighted by atomic mass is 10.2. The molecule has 0 aromatic heterocycles. The highest BCUT2D eigenvalue weighted by atomic mass is 32.2. The van der Waals surface area contributed by atoms with Crippen LogP contribution in [0.1, 0.15) is 20.3 Å². The summed E-state index contributed by atoms with van der Waals surface area (Å²) in [5.74, 6) is 4.88. The molecule has 0 saturated carbocycles. The molecule has 0 aromatic carbocycles. The van der Waals surface area contributed by atoms with Crippen LogP contribution in [0.2, 0.25) is 0 Å². The molecule has 0 heterocycles. The highest BCUT2D eigenvalue weighted by molar-refractivity contribution is 7.85. The maximum Gasteiger partial charge on any atom is 0.266 e. The van der Waals surface area contributed by atoms with Crippen molar-refractivity contribution in [3.63, 3.8) is 0 Å². The molecule has 1 N–H and O–H groups in total. The lowest BCUT2D eigenvalue weighted by molar-refractivity contribution is 0.478. The Labute approximate surface area is 67.6 Å². The Morgan fingerprint density at radius 3 is 2.45 bits per heavy atom. The first kappa shape index (κ1) is 10.5. The monoisotopic (exact) mass is 176 g/mol. The fraction of sp³-hybridized carbons (Fsp3) is 0.714. The van der Waals surface area contributed by atoms with Crippen LogP contribution >= 0.6 is 0 Å². The molecule has 0 radical (unpaired) electrons. The molecular weight excluding hydrogens is 164 g/mol. The Balaban J connectivity index is 3.99. The lowest BCUT2D eigenvalue weighted by Gasteiger charge is -1.98. The van der Waals surface area contributed by atoms with Gasteiger partial charge in [-0.1, -0.05) is 19.8 Å². The van der Waals surface area contributed by atoms with Crippen LogP contribution in [0.4, 0.5) is 0 Å². The molecule has 0 aliphatic rings. The molecule has 64 valence electrons. The molecule has 1 unspecified atom stereocenters. The van der Waals surface area contributed by atoms with Gasteiger partial charge in [0.05, 0.1) is 5.75 Å². The zero-order valence-electron chi connectivity index (χ0n) is 6.66. The molecule has 0 fully saturated rings. The minimum absolute atomic E-state index is 0.278. The van der Waals surface area contributed by atoms with Gasteiger partial charge in [0, 0.05) is 12.3 Å².